The lowest BCUT2D eigenvalue weighted by atomic mass is 10.0. The van der Waals surface area contributed by atoms with Crippen molar-refractivity contribution < 1.29 is 4.42 Å². The molecule has 0 N–H and O–H groups in total. The van der Waals surface area contributed by atoms with Crippen LogP contribution in [-0.2, 0) is 0 Å². The summed E-state index contributed by atoms with van der Waals surface area (Å²) in [6, 6.07) is 65.2. The van der Waals surface area contributed by atoms with Crippen molar-refractivity contribution in [2.45, 2.75) is 0 Å². The fourth-order valence-corrected chi connectivity index (χ4v) is 8.25. The first-order chi connectivity index (χ1) is 25.3. The van der Waals surface area contributed by atoms with E-state index in [1.807, 2.05) is 0 Å². The highest BCUT2D eigenvalue weighted by Crippen LogP contribution is 2.45. The number of hydrogen-bond acceptors (Lipinski definition) is 1. The lowest BCUT2D eigenvalue weighted by Gasteiger charge is -2.10. The van der Waals surface area contributed by atoms with Gasteiger partial charge in [-0.3, -0.25) is 0 Å². The summed E-state index contributed by atoms with van der Waals surface area (Å²) in [5, 5.41) is 6.87. The first-order valence-electron chi connectivity index (χ1n) is 17.4. The first-order valence-corrected chi connectivity index (χ1v) is 17.4. The zero-order valence-electron chi connectivity index (χ0n) is 27.6. The van der Waals surface area contributed by atoms with E-state index in [0.717, 1.165) is 66.2 Å². The van der Waals surface area contributed by atoms with Crippen LogP contribution in [-0.4, -0.2) is 9.13 Å². The van der Waals surface area contributed by atoms with Crippen LogP contribution in [0.5, 0.6) is 0 Å². The normalized spacial score (nSPS) is 11.9. The van der Waals surface area contributed by atoms with Gasteiger partial charge in [0.1, 0.15) is 11.2 Å². The Labute approximate surface area is 293 Å². The van der Waals surface area contributed by atoms with Crippen LogP contribution in [0.25, 0.3) is 99.2 Å². The van der Waals surface area contributed by atoms with Gasteiger partial charge in [0.25, 0.3) is 0 Å². The van der Waals surface area contributed by atoms with Crippen LogP contribution in [0.2, 0.25) is 0 Å². The maximum absolute atomic E-state index is 7.21. The zero-order chi connectivity index (χ0) is 33.5. The Balaban J connectivity index is 1.23. The van der Waals surface area contributed by atoms with Crippen molar-refractivity contribution >= 4 is 65.6 Å². The third-order valence-electron chi connectivity index (χ3n) is 10.5. The number of rotatable bonds is 4. The molecule has 11 rings (SSSR count). The van der Waals surface area contributed by atoms with Crippen molar-refractivity contribution in [2.75, 3.05) is 0 Å². The van der Waals surface area contributed by atoms with Gasteiger partial charge < -0.3 is 13.6 Å². The molecule has 238 valence electrons. The smallest absolute Gasteiger partial charge is 0.145 e. The highest BCUT2D eigenvalue weighted by molar-refractivity contribution is 6.29. The van der Waals surface area contributed by atoms with Gasteiger partial charge in [-0.2, -0.15) is 0 Å². The second-order valence-electron chi connectivity index (χ2n) is 13.3. The second kappa shape index (κ2) is 10.8. The number of furan rings is 1. The van der Waals surface area contributed by atoms with Crippen molar-refractivity contribution in [2.24, 2.45) is 0 Å². The van der Waals surface area contributed by atoms with E-state index in [1.165, 1.54) is 33.0 Å². The van der Waals surface area contributed by atoms with Gasteiger partial charge in [0.05, 0.1) is 32.8 Å². The third-order valence-corrected chi connectivity index (χ3v) is 10.5. The van der Waals surface area contributed by atoms with Gasteiger partial charge in [-0.25, -0.2) is 0 Å². The molecule has 11 aromatic rings. The van der Waals surface area contributed by atoms with E-state index >= 15 is 0 Å². The van der Waals surface area contributed by atoms with Crippen LogP contribution in [0.15, 0.2) is 186 Å². The SMILES string of the molecule is c1ccc(-c2cccc(-n3c4ccccc4c4c5oc6c(ccc7c6c6cc(-c8ccccc8)ccc6n7-c6ccccc6)c5ccc43)c2)cc1. The van der Waals surface area contributed by atoms with Crippen molar-refractivity contribution in [1.29, 1.82) is 0 Å². The van der Waals surface area contributed by atoms with E-state index in [2.05, 4.69) is 191 Å². The summed E-state index contributed by atoms with van der Waals surface area (Å²) >= 11 is 0. The quantitative estimate of drug-likeness (QED) is 0.186. The van der Waals surface area contributed by atoms with Crippen molar-refractivity contribution in [3.05, 3.63) is 182 Å². The summed E-state index contributed by atoms with van der Waals surface area (Å²) in [7, 11) is 0. The molecule has 0 saturated carbocycles. The van der Waals surface area contributed by atoms with Crippen LogP contribution in [0, 0.1) is 0 Å². The summed E-state index contributed by atoms with van der Waals surface area (Å²) in [6.45, 7) is 0. The fourth-order valence-electron chi connectivity index (χ4n) is 8.25. The Morgan fingerprint density at radius 1 is 0.294 bits per heavy atom. The molecule has 3 heteroatoms. The zero-order valence-corrected chi connectivity index (χ0v) is 27.6. The molecule has 0 unspecified atom stereocenters. The van der Waals surface area contributed by atoms with E-state index in [4.69, 9.17) is 4.42 Å². The molecule has 3 heterocycles. The highest BCUT2D eigenvalue weighted by Gasteiger charge is 2.23. The third kappa shape index (κ3) is 4.12. The highest BCUT2D eigenvalue weighted by atomic mass is 16.3. The van der Waals surface area contributed by atoms with Crippen LogP contribution in [0.3, 0.4) is 0 Å². The van der Waals surface area contributed by atoms with E-state index in [0.29, 0.717) is 0 Å². The molecule has 0 atom stereocenters. The monoisotopic (exact) mass is 650 g/mol. The maximum atomic E-state index is 7.21. The Morgan fingerprint density at radius 2 is 0.784 bits per heavy atom. The van der Waals surface area contributed by atoms with Crippen molar-refractivity contribution in [3.63, 3.8) is 0 Å². The lowest BCUT2D eigenvalue weighted by molar-refractivity contribution is 0.677. The summed E-state index contributed by atoms with van der Waals surface area (Å²) in [6.07, 6.45) is 0. The Morgan fingerprint density at radius 3 is 1.47 bits per heavy atom. The average molecular weight is 651 g/mol. The predicted molar refractivity (Wildman–Crippen MR) is 213 cm³/mol. The average Bonchev–Trinajstić information content (AvgIpc) is 3.86. The molecule has 0 fully saturated rings. The topological polar surface area (TPSA) is 23.0 Å². The van der Waals surface area contributed by atoms with Gasteiger partial charge in [-0.15, -0.1) is 0 Å². The molecule has 0 amide bonds. The minimum atomic E-state index is 0.919. The molecule has 51 heavy (non-hydrogen) atoms. The molecule has 0 spiro atoms. The van der Waals surface area contributed by atoms with Gasteiger partial charge in [0, 0.05) is 32.9 Å². The molecule has 0 radical (unpaired) electrons. The molecule has 0 aliphatic carbocycles. The van der Waals surface area contributed by atoms with Crippen LogP contribution < -0.4 is 0 Å². The van der Waals surface area contributed by atoms with E-state index in [9.17, 15) is 0 Å². The Hall–Kier alpha value is -6.84. The van der Waals surface area contributed by atoms with Gasteiger partial charge in [-0.1, -0.05) is 115 Å². The second-order valence-corrected chi connectivity index (χ2v) is 13.3. The van der Waals surface area contributed by atoms with Crippen molar-refractivity contribution in [3.8, 4) is 33.6 Å². The number of fused-ring (bicyclic) bond motifs is 11. The minimum Gasteiger partial charge on any atom is -0.455 e. The standard InChI is InChI=1S/C48H30N2O/c1-4-13-31(14-5-1)33-17-12-20-36(29-33)50-41-22-11-10-21-39(41)45-43(50)27-24-37-38-25-28-44-46(48(38)51-47(37)45)40-30-34(32-15-6-2-7-16-32)23-26-42(40)49(44)35-18-8-3-9-19-35/h1-30H. The Bertz CT molecular complexity index is 3110. The first kappa shape index (κ1) is 28.0. The predicted octanol–water partition coefficient (Wildman–Crippen LogP) is 13.1. The van der Waals surface area contributed by atoms with Crippen LogP contribution in [0.1, 0.15) is 0 Å². The molecule has 0 aliphatic heterocycles. The molecular formula is C48H30N2O. The van der Waals surface area contributed by atoms with Gasteiger partial charge in [0.2, 0.25) is 0 Å². The molecule has 0 saturated heterocycles. The van der Waals surface area contributed by atoms with E-state index in [1.54, 1.807) is 0 Å². The van der Waals surface area contributed by atoms with Crippen LogP contribution in [0.4, 0.5) is 0 Å². The van der Waals surface area contributed by atoms with Gasteiger partial charge in [-0.05, 0) is 89.0 Å². The largest absolute Gasteiger partial charge is 0.455 e. The van der Waals surface area contributed by atoms with Gasteiger partial charge >= 0.3 is 0 Å². The number of aromatic nitrogens is 2. The van der Waals surface area contributed by atoms with Crippen LogP contribution >= 0.6 is 0 Å². The summed E-state index contributed by atoms with van der Waals surface area (Å²) in [5.41, 5.74) is 13.4. The minimum absolute atomic E-state index is 0.919. The Kier molecular flexibility index (Phi) is 5.96. The molecule has 0 aliphatic rings. The molecule has 3 nitrogen and oxygen atoms in total. The number of hydrogen-bond donors (Lipinski definition) is 0. The summed E-state index contributed by atoms with van der Waals surface area (Å²) < 4.78 is 12.0. The van der Waals surface area contributed by atoms with E-state index < -0.39 is 0 Å². The number of para-hydroxylation sites is 2. The number of nitrogens with zero attached hydrogens (tertiary/aromatic N) is 2. The summed E-state index contributed by atoms with van der Waals surface area (Å²) in [5.74, 6) is 0. The molecule has 8 aromatic carbocycles. The fraction of sp³-hybridized carbons (Fsp3) is 0. The van der Waals surface area contributed by atoms with Gasteiger partial charge in [0.15, 0.2) is 0 Å². The van der Waals surface area contributed by atoms with E-state index in [-0.39, 0.29) is 0 Å². The molecule has 0 bridgehead atoms. The molecular weight excluding hydrogens is 621 g/mol. The number of benzene rings is 8. The van der Waals surface area contributed by atoms with Crippen molar-refractivity contribution in [1.82, 2.24) is 9.13 Å². The maximum Gasteiger partial charge on any atom is 0.145 e. The summed E-state index contributed by atoms with van der Waals surface area (Å²) in [4.78, 5) is 0. The molecule has 3 aromatic heterocycles. The lowest BCUT2D eigenvalue weighted by Crippen LogP contribution is -1.94.